The number of hydrogen-bond acceptors (Lipinski definition) is 3. The van der Waals surface area contributed by atoms with E-state index in [0.29, 0.717) is 52.7 Å². The molecule has 0 saturated heterocycles. The molecule has 4 nitrogen and oxygen atoms in total. The Morgan fingerprint density at radius 3 is 2.68 bits per heavy atom. The van der Waals surface area contributed by atoms with Gasteiger partial charge in [0.15, 0.2) is 5.78 Å². The number of rotatable bonds is 2. The molecule has 0 bridgehead atoms. The van der Waals surface area contributed by atoms with Gasteiger partial charge in [0.05, 0.1) is 12.8 Å². The Hall–Kier alpha value is -2.95. The zero-order valence-corrected chi connectivity index (χ0v) is 13.7. The average Bonchev–Trinajstić information content (AvgIpc) is 2.62. The van der Waals surface area contributed by atoms with Crippen LogP contribution in [0, 0.1) is 5.82 Å². The number of ketones is 1. The molecule has 0 amide bonds. The second-order valence-corrected chi connectivity index (χ2v) is 6.13. The molecule has 126 valence electrons. The molecule has 0 unspecified atom stereocenters. The Bertz CT molecular complexity index is 1070. The lowest BCUT2D eigenvalue weighted by atomic mass is 9.92. The third kappa shape index (κ3) is 2.43. The van der Waals surface area contributed by atoms with Crippen LogP contribution in [-0.2, 0) is 6.54 Å². The van der Waals surface area contributed by atoms with E-state index in [-0.39, 0.29) is 17.2 Å². The normalized spacial score (nSPS) is 13.8. The summed E-state index contributed by atoms with van der Waals surface area (Å²) in [6.45, 7) is 0.490. The summed E-state index contributed by atoms with van der Waals surface area (Å²) in [6.07, 6.45) is 1.02. The van der Waals surface area contributed by atoms with Crippen molar-refractivity contribution in [3.05, 3.63) is 64.3 Å². The minimum atomic E-state index is -0.387. The monoisotopic (exact) mass is 337 g/mol. The molecule has 0 N–H and O–H groups in total. The Labute approximate surface area is 143 Å². The maximum Gasteiger partial charge on any atom is 0.259 e. The van der Waals surface area contributed by atoms with Crippen LogP contribution < -0.4 is 10.3 Å². The molecule has 0 atom stereocenters. The van der Waals surface area contributed by atoms with Crippen molar-refractivity contribution in [2.24, 2.45) is 0 Å². The van der Waals surface area contributed by atoms with Crippen LogP contribution in [0.4, 0.5) is 4.39 Å². The standard InChI is InChI=1S/C20H16FNO3/c1-25-14-7-8-15-16(11-14)18(12-4-2-5-13(21)10-12)19-17(23)6-3-9-22(19)20(15)24/h2,4-5,7-8,10-11H,3,6,9H2,1H3. The van der Waals surface area contributed by atoms with Crippen molar-refractivity contribution >= 4 is 16.6 Å². The molecule has 0 aliphatic carbocycles. The lowest BCUT2D eigenvalue weighted by molar-refractivity contribution is 0.0954. The number of pyridine rings is 1. The Balaban J connectivity index is 2.21. The van der Waals surface area contributed by atoms with Gasteiger partial charge in [-0.05, 0) is 42.3 Å². The minimum Gasteiger partial charge on any atom is -0.497 e. The average molecular weight is 337 g/mol. The number of fused-ring (bicyclic) bond motifs is 2. The van der Waals surface area contributed by atoms with Gasteiger partial charge in [-0.25, -0.2) is 4.39 Å². The highest BCUT2D eigenvalue weighted by Gasteiger charge is 2.26. The molecule has 0 fully saturated rings. The predicted molar refractivity (Wildman–Crippen MR) is 93.7 cm³/mol. The first-order chi connectivity index (χ1) is 12.1. The Kier molecular flexibility index (Phi) is 3.64. The van der Waals surface area contributed by atoms with Crippen molar-refractivity contribution in [1.82, 2.24) is 4.57 Å². The van der Waals surface area contributed by atoms with Gasteiger partial charge in [-0.3, -0.25) is 9.59 Å². The van der Waals surface area contributed by atoms with Crippen LogP contribution >= 0.6 is 0 Å². The lowest BCUT2D eigenvalue weighted by Crippen LogP contribution is -2.31. The molecule has 1 aromatic heterocycles. The number of hydrogen-bond donors (Lipinski definition) is 0. The molecule has 1 aliphatic rings. The van der Waals surface area contributed by atoms with E-state index in [1.165, 1.54) is 16.7 Å². The van der Waals surface area contributed by atoms with Crippen molar-refractivity contribution in [2.75, 3.05) is 7.11 Å². The van der Waals surface area contributed by atoms with Crippen LogP contribution in [0.25, 0.3) is 21.9 Å². The Morgan fingerprint density at radius 2 is 1.92 bits per heavy atom. The second-order valence-electron chi connectivity index (χ2n) is 6.13. The summed E-state index contributed by atoms with van der Waals surface area (Å²) in [5, 5.41) is 1.11. The molecule has 2 aromatic carbocycles. The van der Waals surface area contributed by atoms with Gasteiger partial charge in [0.25, 0.3) is 5.56 Å². The van der Waals surface area contributed by atoms with Crippen molar-refractivity contribution < 1.29 is 13.9 Å². The number of carbonyl (C=O) groups excluding carboxylic acids is 1. The molecule has 5 heteroatoms. The number of nitrogens with zero attached hydrogens (tertiary/aromatic N) is 1. The molecule has 0 spiro atoms. The van der Waals surface area contributed by atoms with E-state index >= 15 is 0 Å². The van der Waals surface area contributed by atoms with Crippen LogP contribution in [0.1, 0.15) is 23.3 Å². The van der Waals surface area contributed by atoms with Crippen molar-refractivity contribution in [2.45, 2.75) is 19.4 Å². The first-order valence-corrected chi connectivity index (χ1v) is 8.14. The summed E-state index contributed by atoms with van der Waals surface area (Å²) in [5.41, 5.74) is 1.35. The molecule has 25 heavy (non-hydrogen) atoms. The van der Waals surface area contributed by atoms with Crippen LogP contribution in [0.3, 0.4) is 0 Å². The number of methoxy groups -OCH3 is 1. The Morgan fingerprint density at radius 1 is 1.08 bits per heavy atom. The van der Waals surface area contributed by atoms with Gasteiger partial charge in [0.2, 0.25) is 0 Å². The molecule has 1 aliphatic heterocycles. The number of carbonyl (C=O) groups is 1. The minimum absolute atomic E-state index is 0.0904. The number of Topliss-reactive ketones (excluding diaryl/α,β-unsaturated/α-hetero) is 1. The van der Waals surface area contributed by atoms with Crippen molar-refractivity contribution in [1.29, 1.82) is 0 Å². The summed E-state index contributed by atoms with van der Waals surface area (Å²) in [4.78, 5) is 25.5. The van der Waals surface area contributed by atoms with Crippen LogP contribution in [0.5, 0.6) is 5.75 Å². The third-order valence-electron chi connectivity index (χ3n) is 4.64. The number of benzene rings is 2. The first-order valence-electron chi connectivity index (χ1n) is 8.14. The van der Waals surface area contributed by atoms with E-state index in [1.807, 2.05) is 0 Å². The maximum atomic E-state index is 13.8. The number of ether oxygens (including phenoxy) is 1. The first kappa shape index (κ1) is 15.6. The summed E-state index contributed by atoms with van der Waals surface area (Å²) < 4.78 is 20.6. The second kappa shape index (κ2) is 5.84. The zero-order valence-electron chi connectivity index (χ0n) is 13.7. The maximum absolute atomic E-state index is 13.8. The highest BCUT2D eigenvalue weighted by atomic mass is 19.1. The van der Waals surface area contributed by atoms with E-state index in [0.717, 1.165) is 0 Å². The fourth-order valence-corrected chi connectivity index (χ4v) is 3.51. The topological polar surface area (TPSA) is 48.3 Å². The SMILES string of the molecule is COc1ccc2c(=O)n3c(c(-c4cccc(F)c4)c2c1)C(=O)CCC3. The molecule has 2 heterocycles. The number of halogens is 1. The highest BCUT2D eigenvalue weighted by molar-refractivity contribution is 6.09. The summed E-state index contributed by atoms with van der Waals surface area (Å²) >= 11 is 0. The fraction of sp³-hybridized carbons (Fsp3) is 0.200. The van der Waals surface area contributed by atoms with Crippen molar-refractivity contribution in [3.63, 3.8) is 0 Å². The van der Waals surface area contributed by atoms with E-state index < -0.39 is 0 Å². The van der Waals surface area contributed by atoms with Crippen LogP contribution in [-0.4, -0.2) is 17.5 Å². The smallest absolute Gasteiger partial charge is 0.259 e. The van der Waals surface area contributed by atoms with Crippen LogP contribution in [0.2, 0.25) is 0 Å². The molecule has 0 saturated carbocycles. The molecular formula is C20H16FNO3. The van der Waals surface area contributed by atoms with Gasteiger partial charge in [0, 0.05) is 29.3 Å². The van der Waals surface area contributed by atoms with E-state index in [1.54, 1.807) is 37.4 Å². The summed E-state index contributed by atoms with van der Waals surface area (Å²) in [6, 6.07) is 11.3. The zero-order chi connectivity index (χ0) is 17.6. The quantitative estimate of drug-likeness (QED) is 0.715. The lowest BCUT2D eigenvalue weighted by Gasteiger charge is -2.23. The van der Waals surface area contributed by atoms with Gasteiger partial charge < -0.3 is 9.30 Å². The summed E-state index contributed by atoms with van der Waals surface area (Å²) in [7, 11) is 1.54. The van der Waals surface area contributed by atoms with Gasteiger partial charge in [-0.1, -0.05) is 12.1 Å². The van der Waals surface area contributed by atoms with E-state index in [2.05, 4.69) is 0 Å². The highest BCUT2D eigenvalue weighted by Crippen LogP contribution is 2.35. The molecule has 3 aromatic rings. The van der Waals surface area contributed by atoms with Gasteiger partial charge in [-0.15, -0.1) is 0 Å². The largest absolute Gasteiger partial charge is 0.497 e. The van der Waals surface area contributed by atoms with E-state index in [9.17, 15) is 14.0 Å². The fourth-order valence-electron chi connectivity index (χ4n) is 3.51. The van der Waals surface area contributed by atoms with Crippen molar-refractivity contribution in [3.8, 4) is 16.9 Å². The molecule has 0 radical (unpaired) electrons. The third-order valence-corrected chi connectivity index (χ3v) is 4.64. The van der Waals surface area contributed by atoms with Gasteiger partial charge >= 0.3 is 0 Å². The molecular weight excluding hydrogens is 321 g/mol. The number of aromatic nitrogens is 1. The molecule has 4 rings (SSSR count). The van der Waals surface area contributed by atoms with Gasteiger partial charge in [0.1, 0.15) is 11.6 Å². The predicted octanol–water partition coefficient (Wildman–Crippen LogP) is 3.79. The van der Waals surface area contributed by atoms with Crippen LogP contribution in [0.15, 0.2) is 47.3 Å². The van der Waals surface area contributed by atoms with E-state index in [4.69, 9.17) is 4.74 Å². The summed E-state index contributed by atoms with van der Waals surface area (Å²) in [5.74, 6) is 0.104. The van der Waals surface area contributed by atoms with Gasteiger partial charge in [-0.2, -0.15) is 0 Å².